The van der Waals surface area contributed by atoms with Crippen molar-refractivity contribution in [1.29, 1.82) is 0 Å². The summed E-state index contributed by atoms with van der Waals surface area (Å²) in [6.07, 6.45) is 1.85. The van der Waals surface area contributed by atoms with Gasteiger partial charge >= 0.3 is 5.97 Å². The minimum Gasteiger partial charge on any atom is -0.465 e. The van der Waals surface area contributed by atoms with Crippen molar-refractivity contribution in [2.24, 2.45) is 7.05 Å². The number of hydrogen-bond donors (Lipinski definition) is 1. The van der Waals surface area contributed by atoms with Crippen molar-refractivity contribution in [3.63, 3.8) is 0 Å². The Morgan fingerprint density at radius 2 is 2.00 bits per heavy atom. The molecular weight excluding hydrogens is 268 g/mol. The maximum atomic E-state index is 11.4. The molecule has 2 rings (SSSR count). The molecule has 21 heavy (non-hydrogen) atoms. The molecule has 6 heteroatoms. The first-order chi connectivity index (χ1) is 10.0. The third-order valence-corrected chi connectivity index (χ3v) is 3.24. The van der Waals surface area contributed by atoms with E-state index in [4.69, 9.17) is 0 Å². The lowest BCUT2D eigenvalue weighted by atomic mass is 10.2. The van der Waals surface area contributed by atoms with Crippen LogP contribution in [0, 0.1) is 0 Å². The molecule has 6 nitrogen and oxygen atoms in total. The first-order valence-corrected chi connectivity index (χ1v) is 6.63. The number of esters is 1. The molecule has 1 aromatic heterocycles. The van der Waals surface area contributed by atoms with Gasteiger partial charge in [-0.15, -0.1) is 0 Å². The van der Waals surface area contributed by atoms with Gasteiger partial charge in [0.1, 0.15) is 0 Å². The standard InChI is InChI=1S/C15H20N4O2/c1-18(2)15-17-10-13(19(15)3)9-16-12-7-5-11(6-8-12)14(20)21-4/h5-8,10,16H,9H2,1-4H3. The minimum atomic E-state index is -0.330. The van der Waals surface area contributed by atoms with Crippen molar-refractivity contribution in [2.45, 2.75) is 6.54 Å². The van der Waals surface area contributed by atoms with E-state index >= 15 is 0 Å². The fourth-order valence-electron chi connectivity index (χ4n) is 2.05. The Morgan fingerprint density at radius 1 is 1.33 bits per heavy atom. The lowest BCUT2D eigenvalue weighted by molar-refractivity contribution is 0.0601. The highest BCUT2D eigenvalue weighted by Gasteiger charge is 2.08. The molecule has 0 unspecified atom stereocenters. The van der Waals surface area contributed by atoms with Gasteiger partial charge < -0.3 is 19.5 Å². The fourth-order valence-corrected chi connectivity index (χ4v) is 2.05. The second-order valence-electron chi connectivity index (χ2n) is 4.93. The van der Waals surface area contributed by atoms with Crippen LogP contribution in [-0.4, -0.2) is 36.7 Å². The highest BCUT2D eigenvalue weighted by Crippen LogP contribution is 2.14. The van der Waals surface area contributed by atoms with Crippen molar-refractivity contribution in [2.75, 3.05) is 31.4 Å². The zero-order valence-corrected chi connectivity index (χ0v) is 12.8. The van der Waals surface area contributed by atoms with Crippen molar-refractivity contribution in [3.05, 3.63) is 41.7 Å². The van der Waals surface area contributed by atoms with Gasteiger partial charge in [0, 0.05) is 26.8 Å². The molecule has 1 heterocycles. The second kappa shape index (κ2) is 6.30. The minimum absolute atomic E-state index is 0.330. The van der Waals surface area contributed by atoms with E-state index in [0.29, 0.717) is 12.1 Å². The first-order valence-electron chi connectivity index (χ1n) is 6.63. The molecule has 0 aliphatic heterocycles. The summed E-state index contributed by atoms with van der Waals surface area (Å²) in [6, 6.07) is 7.19. The summed E-state index contributed by atoms with van der Waals surface area (Å²) in [5.41, 5.74) is 2.56. The van der Waals surface area contributed by atoms with E-state index in [2.05, 4.69) is 15.0 Å². The molecule has 0 radical (unpaired) electrons. The van der Waals surface area contributed by atoms with Gasteiger partial charge in [-0.25, -0.2) is 9.78 Å². The molecule has 0 aliphatic rings. The van der Waals surface area contributed by atoms with E-state index in [9.17, 15) is 4.79 Å². The number of nitrogens with zero attached hydrogens (tertiary/aromatic N) is 3. The zero-order valence-electron chi connectivity index (χ0n) is 12.8. The van der Waals surface area contributed by atoms with E-state index in [1.165, 1.54) is 7.11 Å². The van der Waals surface area contributed by atoms with Crippen LogP contribution < -0.4 is 10.2 Å². The van der Waals surface area contributed by atoms with Crippen LogP contribution in [0.2, 0.25) is 0 Å². The van der Waals surface area contributed by atoms with Gasteiger partial charge in [0.15, 0.2) is 0 Å². The molecular formula is C15H20N4O2. The summed E-state index contributed by atoms with van der Waals surface area (Å²) in [4.78, 5) is 17.7. The van der Waals surface area contributed by atoms with Crippen molar-refractivity contribution < 1.29 is 9.53 Å². The Kier molecular flexibility index (Phi) is 4.47. The highest BCUT2D eigenvalue weighted by atomic mass is 16.5. The first kappa shape index (κ1) is 14.9. The predicted molar refractivity (Wildman–Crippen MR) is 82.6 cm³/mol. The molecule has 0 saturated carbocycles. The third-order valence-electron chi connectivity index (χ3n) is 3.24. The van der Waals surface area contributed by atoms with Gasteiger partial charge in [0.25, 0.3) is 0 Å². The zero-order chi connectivity index (χ0) is 15.4. The lowest BCUT2D eigenvalue weighted by Crippen LogP contribution is -2.15. The van der Waals surface area contributed by atoms with E-state index in [1.54, 1.807) is 12.1 Å². The highest BCUT2D eigenvalue weighted by molar-refractivity contribution is 5.89. The molecule has 1 aromatic carbocycles. The van der Waals surface area contributed by atoms with Crippen molar-refractivity contribution in [1.82, 2.24) is 9.55 Å². The molecule has 112 valence electrons. The lowest BCUT2D eigenvalue weighted by Gasteiger charge is -2.13. The van der Waals surface area contributed by atoms with Gasteiger partial charge in [-0.2, -0.15) is 0 Å². The number of methoxy groups -OCH3 is 1. The maximum absolute atomic E-state index is 11.4. The number of anilines is 2. The van der Waals surface area contributed by atoms with Crippen molar-refractivity contribution >= 4 is 17.6 Å². The fraction of sp³-hybridized carbons (Fsp3) is 0.333. The van der Waals surface area contributed by atoms with Crippen LogP contribution in [0.3, 0.4) is 0 Å². The molecule has 0 fully saturated rings. The number of aromatic nitrogens is 2. The smallest absolute Gasteiger partial charge is 0.337 e. The van der Waals surface area contributed by atoms with Crippen LogP contribution in [0.4, 0.5) is 11.6 Å². The molecule has 2 aromatic rings. The number of rotatable bonds is 5. The Labute approximate surface area is 124 Å². The number of carbonyl (C=O) groups excluding carboxylic acids is 1. The van der Waals surface area contributed by atoms with Crippen LogP contribution >= 0.6 is 0 Å². The predicted octanol–water partition coefficient (Wildman–Crippen LogP) is 1.88. The molecule has 0 saturated heterocycles. The normalized spacial score (nSPS) is 10.3. The van der Waals surface area contributed by atoms with Gasteiger partial charge in [-0.05, 0) is 24.3 Å². The topological polar surface area (TPSA) is 59.4 Å². The molecule has 1 N–H and O–H groups in total. The Bertz CT molecular complexity index is 617. The maximum Gasteiger partial charge on any atom is 0.337 e. The molecule has 0 atom stereocenters. The average Bonchev–Trinajstić information content (AvgIpc) is 2.86. The van der Waals surface area contributed by atoms with Gasteiger partial charge in [-0.1, -0.05) is 0 Å². The van der Waals surface area contributed by atoms with Crippen LogP contribution in [-0.2, 0) is 18.3 Å². The van der Waals surface area contributed by atoms with E-state index in [-0.39, 0.29) is 5.97 Å². The summed E-state index contributed by atoms with van der Waals surface area (Å²) in [5.74, 6) is 0.580. The average molecular weight is 288 g/mol. The summed E-state index contributed by atoms with van der Waals surface area (Å²) in [7, 11) is 7.29. The number of imidazole rings is 1. The number of hydrogen-bond acceptors (Lipinski definition) is 5. The SMILES string of the molecule is COC(=O)c1ccc(NCc2cnc(N(C)C)n2C)cc1. The van der Waals surface area contributed by atoms with Crippen LogP contribution in [0.15, 0.2) is 30.5 Å². The summed E-state index contributed by atoms with van der Waals surface area (Å²) in [6.45, 7) is 0.662. The Hall–Kier alpha value is -2.50. The largest absolute Gasteiger partial charge is 0.465 e. The number of carbonyl (C=O) groups is 1. The van der Waals surface area contributed by atoms with Gasteiger partial charge in [0.2, 0.25) is 5.95 Å². The Morgan fingerprint density at radius 3 is 2.52 bits per heavy atom. The van der Waals surface area contributed by atoms with Crippen LogP contribution in [0.25, 0.3) is 0 Å². The van der Waals surface area contributed by atoms with Gasteiger partial charge in [0.05, 0.1) is 31.1 Å². The number of nitrogens with one attached hydrogen (secondary N) is 1. The van der Waals surface area contributed by atoms with E-state index < -0.39 is 0 Å². The molecule has 0 spiro atoms. The number of benzene rings is 1. The van der Waals surface area contributed by atoms with Crippen LogP contribution in [0.1, 0.15) is 16.1 Å². The second-order valence-corrected chi connectivity index (χ2v) is 4.93. The summed E-state index contributed by atoms with van der Waals surface area (Å²) >= 11 is 0. The van der Waals surface area contributed by atoms with E-state index in [0.717, 1.165) is 17.3 Å². The van der Waals surface area contributed by atoms with Crippen molar-refractivity contribution in [3.8, 4) is 0 Å². The van der Waals surface area contributed by atoms with Crippen LogP contribution in [0.5, 0.6) is 0 Å². The van der Waals surface area contributed by atoms with E-state index in [1.807, 2.05) is 48.9 Å². The molecule has 0 aliphatic carbocycles. The quantitative estimate of drug-likeness (QED) is 0.851. The molecule has 0 amide bonds. The summed E-state index contributed by atoms with van der Waals surface area (Å²) < 4.78 is 6.71. The molecule has 0 bridgehead atoms. The monoisotopic (exact) mass is 288 g/mol. The Balaban J connectivity index is 2.02. The summed E-state index contributed by atoms with van der Waals surface area (Å²) in [5, 5.41) is 3.31. The number of ether oxygens (including phenoxy) is 1. The van der Waals surface area contributed by atoms with Gasteiger partial charge in [-0.3, -0.25) is 0 Å². The third kappa shape index (κ3) is 3.34.